The third-order valence-electron chi connectivity index (χ3n) is 3.60. The number of aryl methyl sites for hydroxylation is 1. The minimum Gasteiger partial charge on any atom is -0.326 e. The molecule has 1 N–H and O–H groups in total. The fraction of sp³-hybridized carbons (Fsp3) is 0.312. The van der Waals surface area contributed by atoms with Crippen LogP contribution in [0.15, 0.2) is 30.6 Å². The number of halogens is 1. The van der Waals surface area contributed by atoms with Crippen LogP contribution < -0.4 is 5.32 Å². The highest BCUT2D eigenvalue weighted by molar-refractivity contribution is 5.92. The molecule has 0 aliphatic rings. The van der Waals surface area contributed by atoms with Crippen molar-refractivity contribution < 1.29 is 9.18 Å². The molecule has 0 saturated heterocycles. The van der Waals surface area contributed by atoms with Crippen LogP contribution in [0.2, 0.25) is 0 Å². The molecule has 3 rings (SSSR count). The van der Waals surface area contributed by atoms with Gasteiger partial charge in [0.05, 0.1) is 24.2 Å². The Kier molecular flexibility index (Phi) is 4.55. The van der Waals surface area contributed by atoms with Crippen LogP contribution >= 0.6 is 0 Å². The summed E-state index contributed by atoms with van der Waals surface area (Å²) < 4.78 is 17.6. The smallest absolute Gasteiger partial charge is 0.228 e. The summed E-state index contributed by atoms with van der Waals surface area (Å²) in [4.78, 5) is 12.1. The van der Waals surface area contributed by atoms with E-state index >= 15 is 0 Å². The minimum atomic E-state index is -0.504. The van der Waals surface area contributed by atoms with Crippen molar-refractivity contribution in [2.45, 2.75) is 26.3 Å². The van der Waals surface area contributed by atoms with Crippen molar-refractivity contribution in [3.63, 3.8) is 0 Å². The van der Waals surface area contributed by atoms with Gasteiger partial charge in [-0.3, -0.25) is 9.48 Å². The summed E-state index contributed by atoms with van der Waals surface area (Å²) >= 11 is 0. The van der Waals surface area contributed by atoms with E-state index in [2.05, 4.69) is 25.9 Å². The predicted octanol–water partition coefficient (Wildman–Crippen LogP) is 1.97. The first kappa shape index (κ1) is 16.7. The average Bonchev–Trinajstić information content (AvgIpc) is 3.16. The van der Waals surface area contributed by atoms with Crippen LogP contribution in [0, 0.1) is 5.82 Å². The van der Waals surface area contributed by atoms with E-state index in [-0.39, 0.29) is 23.9 Å². The van der Waals surface area contributed by atoms with Gasteiger partial charge in [-0.1, -0.05) is 0 Å². The third-order valence-corrected chi connectivity index (χ3v) is 3.60. The summed E-state index contributed by atoms with van der Waals surface area (Å²) in [5.41, 5.74) is 1.44. The molecule has 1 aromatic carbocycles. The molecule has 0 bridgehead atoms. The topological polar surface area (TPSA) is 90.5 Å². The van der Waals surface area contributed by atoms with Crippen molar-refractivity contribution >= 4 is 11.6 Å². The summed E-state index contributed by atoms with van der Waals surface area (Å²) in [7, 11) is 1.78. The number of aromatic nitrogens is 6. The Morgan fingerprint density at radius 1 is 1.36 bits per heavy atom. The second-order valence-electron chi connectivity index (χ2n) is 5.98. The molecule has 0 fully saturated rings. The lowest BCUT2D eigenvalue weighted by Gasteiger charge is -2.10. The molecule has 0 atom stereocenters. The zero-order valence-corrected chi connectivity index (χ0v) is 14.1. The molecule has 0 aliphatic heterocycles. The van der Waals surface area contributed by atoms with Gasteiger partial charge in [0.15, 0.2) is 5.82 Å². The molecule has 2 aromatic heterocycles. The van der Waals surface area contributed by atoms with Gasteiger partial charge in [0.2, 0.25) is 5.91 Å². The van der Waals surface area contributed by atoms with Gasteiger partial charge in [-0.2, -0.15) is 5.10 Å². The van der Waals surface area contributed by atoms with Crippen LogP contribution in [0.3, 0.4) is 0 Å². The molecule has 25 heavy (non-hydrogen) atoms. The maximum Gasteiger partial charge on any atom is 0.228 e. The fourth-order valence-electron chi connectivity index (χ4n) is 2.45. The van der Waals surface area contributed by atoms with E-state index in [4.69, 9.17) is 0 Å². The number of rotatable bonds is 5. The van der Waals surface area contributed by atoms with E-state index in [9.17, 15) is 9.18 Å². The van der Waals surface area contributed by atoms with Gasteiger partial charge in [-0.05, 0) is 48.0 Å². The Labute approximate surface area is 143 Å². The number of nitrogens with one attached hydrogen (secondary N) is 1. The van der Waals surface area contributed by atoms with Crippen molar-refractivity contribution in [3.05, 3.63) is 42.0 Å². The zero-order chi connectivity index (χ0) is 18.0. The maximum atomic E-state index is 14.5. The number of nitrogens with zero attached hydrogens (tertiary/aromatic N) is 6. The molecule has 0 radical (unpaired) electrons. The first-order chi connectivity index (χ1) is 11.9. The minimum absolute atomic E-state index is 0.00302. The summed E-state index contributed by atoms with van der Waals surface area (Å²) in [6.45, 7) is 3.82. The zero-order valence-electron chi connectivity index (χ0n) is 14.1. The molecule has 1 amide bonds. The molecule has 130 valence electrons. The SMILES string of the molecule is CC(C)n1nnnc1-c1ccc(NC(=O)Cc2cnn(C)c2)cc1F. The number of tetrazole rings is 1. The fourth-order valence-corrected chi connectivity index (χ4v) is 2.45. The van der Waals surface area contributed by atoms with Crippen molar-refractivity contribution in [2.24, 2.45) is 7.05 Å². The number of benzene rings is 1. The van der Waals surface area contributed by atoms with E-state index in [1.807, 2.05) is 13.8 Å². The van der Waals surface area contributed by atoms with Crippen LogP contribution in [0.1, 0.15) is 25.5 Å². The lowest BCUT2D eigenvalue weighted by molar-refractivity contribution is -0.115. The standard InChI is InChI=1S/C16H18FN7O/c1-10(2)24-16(20-21-22-24)13-5-4-12(7-14(13)17)19-15(25)6-11-8-18-23(3)9-11/h4-5,7-10H,6H2,1-3H3,(H,19,25). The third kappa shape index (κ3) is 3.70. The van der Waals surface area contributed by atoms with Gasteiger partial charge in [-0.15, -0.1) is 5.10 Å². The summed E-state index contributed by atoms with van der Waals surface area (Å²) in [6, 6.07) is 4.44. The Hall–Kier alpha value is -3.10. The average molecular weight is 343 g/mol. The van der Waals surface area contributed by atoms with Crippen LogP contribution in [0.25, 0.3) is 11.4 Å². The molecule has 2 heterocycles. The highest BCUT2D eigenvalue weighted by Crippen LogP contribution is 2.24. The van der Waals surface area contributed by atoms with Gasteiger partial charge < -0.3 is 5.32 Å². The number of anilines is 1. The van der Waals surface area contributed by atoms with Gasteiger partial charge in [0.1, 0.15) is 5.82 Å². The number of carbonyl (C=O) groups is 1. The summed E-state index contributed by atoms with van der Waals surface area (Å²) in [5, 5.41) is 18.0. The number of hydrogen-bond donors (Lipinski definition) is 1. The van der Waals surface area contributed by atoms with Crippen molar-refractivity contribution in [1.29, 1.82) is 0 Å². The molecule has 3 aromatic rings. The number of carbonyl (C=O) groups excluding carboxylic acids is 1. The van der Waals surface area contributed by atoms with Crippen LogP contribution in [-0.4, -0.2) is 35.9 Å². The normalized spacial score (nSPS) is 11.1. The first-order valence-corrected chi connectivity index (χ1v) is 7.79. The Bertz CT molecular complexity index is 900. The largest absolute Gasteiger partial charge is 0.326 e. The van der Waals surface area contributed by atoms with E-state index in [1.165, 1.54) is 6.07 Å². The van der Waals surface area contributed by atoms with E-state index in [0.29, 0.717) is 11.5 Å². The van der Waals surface area contributed by atoms with E-state index < -0.39 is 5.82 Å². The van der Waals surface area contributed by atoms with Crippen LogP contribution in [-0.2, 0) is 18.3 Å². The molecule has 0 aliphatic carbocycles. The number of hydrogen-bond acceptors (Lipinski definition) is 5. The summed E-state index contributed by atoms with van der Waals surface area (Å²) in [6.07, 6.45) is 3.55. The molecular weight excluding hydrogens is 325 g/mol. The van der Waals surface area contributed by atoms with Crippen molar-refractivity contribution in [3.8, 4) is 11.4 Å². The van der Waals surface area contributed by atoms with Gasteiger partial charge in [0.25, 0.3) is 0 Å². The Balaban J connectivity index is 1.75. The van der Waals surface area contributed by atoms with Gasteiger partial charge in [-0.25, -0.2) is 9.07 Å². The molecule has 9 heteroatoms. The second-order valence-corrected chi connectivity index (χ2v) is 5.98. The van der Waals surface area contributed by atoms with E-state index in [0.717, 1.165) is 5.56 Å². The molecule has 0 spiro atoms. The lowest BCUT2D eigenvalue weighted by atomic mass is 10.1. The molecule has 0 saturated carbocycles. The maximum absolute atomic E-state index is 14.5. The quantitative estimate of drug-likeness (QED) is 0.765. The Morgan fingerprint density at radius 2 is 2.16 bits per heavy atom. The highest BCUT2D eigenvalue weighted by Gasteiger charge is 2.16. The van der Waals surface area contributed by atoms with Gasteiger partial charge >= 0.3 is 0 Å². The highest BCUT2D eigenvalue weighted by atomic mass is 19.1. The molecule has 0 unspecified atom stereocenters. The second kappa shape index (κ2) is 6.80. The molecule has 8 nitrogen and oxygen atoms in total. The lowest BCUT2D eigenvalue weighted by Crippen LogP contribution is -2.14. The van der Waals surface area contributed by atoms with E-state index in [1.54, 1.807) is 40.9 Å². The summed E-state index contributed by atoms with van der Waals surface area (Å²) in [5.74, 6) is -0.399. The van der Waals surface area contributed by atoms with Crippen LogP contribution in [0.4, 0.5) is 10.1 Å². The first-order valence-electron chi connectivity index (χ1n) is 7.79. The van der Waals surface area contributed by atoms with Gasteiger partial charge in [0, 0.05) is 18.9 Å². The van der Waals surface area contributed by atoms with Crippen molar-refractivity contribution in [2.75, 3.05) is 5.32 Å². The van der Waals surface area contributed by atoms with Crippen LogP contribution in [0.5, 0.6) is 0 Å². The molecular formula is C16H18FN7O. The predicted molar refractivity (Wildman–Crippen MR) is 89.1 cm³/mol. The Morgan fingerprint density at radius 3 is 2.80 bits per heavy atom. The van der Waals surface area contributed by atoms with Crippen molar-refractivity contribution in [1.82, 2.24) is 30.0 Å². The number of amides is 1. The monoisotopic (exact) mass is 343 g/mol.